The molecule has 0 atom stereocenters. The van der Waals surface area contributed by atoms with Gasteiger partial charge in [-0.3, -0.25) is 4.79 Å². The highest BCUT2D eigenvalue weighted by Crippen LogP contribution is 2.19. The van der Waals surface area contributed by atoms with E-state index in [2.05, 4.69) is 26.6 Å². The van der Waals surface area contributed by atoms with E-state index >= 15 is 0 Å². The Morgan fingerprint density at radius 3 is 2.65 bits per heavy atom. The van der Waals surface area contributed by atoms with Crippen molar-refractivity contribution in [2.75, 3.05) is 17.2 Å². The van der Waals surface area contributed by atoms with Gasteiger partial charge < -0.3 is 10.6 Å². The van der Waals surface area contributed by atoms with Gasteiger partial charge in [-0.15, -0.1) is 0 Å². The Kier molecular flexibility index (Phi) is 4.68. The first-order chi connectivity index (χ1) is 9.54. The Morgan fingerprint density at radius 2 is 1.95 bits per heavy atom. The summed E-state index contributed by atoms with van der Waals surface area (Å²) in [6.07, 6.45) is 0. The topological polar surface area (TPSA) is 41.1 Å². The standard InChI is InChI=1S/C14H11BrF2N2O/c15-9-4-5-13(12(17)6-9)19-14(20)8-18-11-3-1-2-10(16)7-11/h1-7,18H,8H2,(H,19,20). The van der Waals surface area contributed by atoms with Crippen LogP contribution >= 0.6 is 15.9 Å². The van der Waals surface area contributed by atoms with Crippen LogP contribution in [0.25, 0.3) is 0 Å². The lowest BCUT2D eigenvalue weighted by Crippen LogP contribution is -2.22. The molecule has 0 aliphatic heterocycles. The number of hydrogen-bond donors (Lipinski definition) is 2. The molecule has 0 radical (unpaired) electrons. The average Bonchev–Trinajstić information content (AvgIpc) is 2.40. The highest BCUT2D eigenvalue weighted by atomic mass is 79.9. The number of rotatable bonds is 4. The Labute approximate surface area is 123 Å². The summed E-state index contributed by atoms with van der Waals surface area (Å²) in [5.41, 5.74) is 0.579. The fraction of sp³-hybridized carbons (Fsp3) is 0.0714. The van der Waals surface area contributed by atoms with Gasteiger partial charge in [0, 0.05) is 10.2 Å². The van der Waals surface area contributed by atoms with Crippen LogP contribution in [0.2, 0.25) is 0 Å². The maximum atomic E-state index is 13.5. The van der Waals surface area contributed by atoms with Crippen molar-refractivity contribution in [1.82, 2.24) is 0 Å². The minimum atomic E-state index is -0.529. The minimum Gasteiger partial charge on any atom is -0.376 e. The van der Waals surface area contributed by atoms with Crippen LogP contribution in [-0.2, 0) is 4.79 Å². The molecule has 2 aromatic carbocycles. The lowest BCUT2D eigenvalue weighted by atomic mass is 10.3. The molecule has 20 heavy (non-hydrogen) atoms. The first-order valence-electron chi connectivity index (χ1n) is 5.79. The first kappa shape index (κ1) is 14.5. The fourth-order valence-electron chi connectivity index (χ4n) is 1.57. The highest BCUT2D eigenvalue weighted by Gasteiger charge is 2.07. The van der Waals surface area contributed by atoms with Gasteiger partial charge in [0.25, 0.3) is 0 Å². The molecular formula is C14H11BrF2N2O. The molecule has 0 aliphatic rings. The fourth-order valence-corrected chi connectivity index (χ4v) is 1.90. The van der Waals surface area contributed by atoms with E-state index in [9.17, 15) is 13.6 Å². The predicted molar refractivity (Wildman–Crippen MR) is 77.6 cm³/mol. The maximum absolute atomic E-state index is 13.5. The van der Waals surface area contributed by atoms with Crippen molar-refractivity contribution < 1.29 is 13.6 Å². The number of hydrogen-bond acceptors (Lipinski definition) is 2. The second-order valence-corrected chi connectivity index (χ2v) is 4.95. The zero-order valence-electron chi connectivity index (χ0n) is 10.3. The SMILES string of the molecule is O=C(CNc1cccc(F)c1)Nc1ccc(Br)cc1F. The molecule has 2 rings (SSSR count). The molecule has 6 heteroatoms. The summed E-state index contributed by atoms with van der Waals surface area (Å²) in [4.78, 5) is 11.7. The van der Waals surface area contributed by atoms with Crippen molar-refractivity contribution in [2.45, 2.75) is 0 Å². The molecule has 2 N–H and O–H groups in total. The minimum absolute atomic E-state index is 0.0844. The number of benzene rings is 2. The van der Waals surface area contributed by atoms with Crippen LogP contribution in [-0.4, -0.2) is 12.5 Å². The number of nitrogens with one attached hydrogen (secondary N) is 2. The van der Waals surface area contributed by atoms with Crippen LogP contribution < -0.4 is 10.6 Å². The summed E-state index contributed by atoms with van der Waals surface area (Å²) in [6, 6.07) is 10.1. The molecule has 0 fully saturated rings. The third-order valence-corrected chi connectivity index (χ3v) is 2.98. The largest absolute Gasteiger partial charge is 0.376 e. The average molecular weight is 341 g/mol. The maximum Gasteiger partial charge on any atom is 0.243 e. The Bertz CT molecular complexity index is 634. The summed E-state index contributed by atoms with van der Waals surface area (Å²) in [5, 5.41) is 5.18. The summed E-state index contributed by atoms with van der Waals surface area (Å²) in [7, 11) is 0. The molecule has 0 saturated carbocycles. The number of halogens is 3. The third kappa shape index (κ3) is 4.03. The summed E-state index contributed by atoms with van der Waals surface area (Å²) >= 11 is 3.13. The van der Waals surface area contributed by atoms with Gasteiger partial charge >= 0.3 is 0 Å². The molecule has 0 spiro atoms. The van der Waals surface area contributed by atoms with Crippen LogP contribution in [0.4, 0.5) is 20.2 Å². The van der Waals surface area contributed by atoms with Crippen molar-refractivity contribution in [3.8, 4) is 0 Å². The van der Waals surface area contributed by atoms with Gasteiger partial charge in [0.15, 0.2) is 0 Å². The van der Waals surface area contributed by atoms with Crippen LogP contribution in [0.1, 0.15) is 0 Å². The lowest BCUT2D eigenvalue weighted by Gasteiger charge is -2.08. The zero-order chi connectivity index (χ0) is 14.5. The van der Waals surface area contributed by atoms with Crippen molar-refractivity contribution in [2.24, 2.45) is 0 Å². The summed E-state index contributed by atoms with van der Waals surface area (Å²) in [5.74, 6) is -1.34. The second kappa shape index (κ2) is 6.47. The number of anilines is 2. The van der Waals surface area contributed by atoms with Crippen molar-refractivity contribution in [3.63, 3.8) is 0 Å². The second-order valence-electron chi connectivity index (χ2n) is 4.04. The van der Waals surface area contributed by atoms with Crippen LogP contribution in [0.15, 0.2) is 46.9 Å². The number of carbonyl (C=O) groups excluding carboxylic acids is 1. The van der Waals surface area contributed by atoms with Gasteiger partial charge in [-0.05, 0) is 36.4 Å². The summed E-state index contributed by atoms with van der Waals surface area (Å²) < 4.78 is 27.0. The van der Waals surface area contributed by atoms with E-state index in [0.29, 0.717) is 10.2 Å². The Morgan fingerprint density at radius 1 is 1.15 bits per heavy atom. The van der Waals surface area contributed by atoms with E-state index in [0.717, 1.165) is 0 Å². The quantitative estimate of drug-likeness (QED) is 0.889. The number of carbonyl (C=O) groups is 1. The molecule has 0 bridgehead atoms. The van der Waals surface area contributed by atoms with Gasteiger partial charge in [0.1, 0.15) is 11.6 Å². The monoisotopic (exact) mass is 340 g/mol. The van der Waals surface area contributed by atoms with Crippen molar-refractivity contribution in [1.29, 1.82) is 0 Å². The normalized spacial score (nSPS) is 10.2. The molecule has 0 heterocycles. The van der Waals surface area contributed by atoms with Gasteiger partial charge in [0.2, 0.25) is 5.91 Å². The van der Waals surface area contributed by atoms with Gasteiger partial charge in [0.05, 0.1) is 12.2 Å². The van der Waals surface area contributed by atoms with Crippen LogP contribution in [0.5, 0.6) is 0 Å². The van der Waals surface area contributed by atoms with E-state index in [1.54, 1.807) is 12.1 Å². The van der Waals surface area contributed by atoms with Gasteiger partial charge in [-0.25, -0.2) is 8.78 Å². The van der Waals surface area contributed by atoms with Gasteiger partial charge in [-0.1, -0.05) is 22.0 Å². The molecule has 0 aliphatic carbocycles. The Hall–Kier alpha value is -1.95. The molecule has 104 valence electrons. The molecule has 0 unspecified atom stereocenters. The molecule has 3 nitrogen and oxygen atoms in total. The lowest BCUT2D eigenvalue weighted by molar-refractivity contribution is -0.114. The smallest absolute Gasteiger partial charge is 0.243 e. The molecule has 0 saturated heterocycles. The van der Waals surface area contributed by atoms with Gasteiger partial charge in [-0.2, -0.15) is 0 Å². The zero-order valence-corrected chi connectivity index (χ0v) is 11.9. The van der Waals surface area contributed by atoms with E-state index < -0.39 is 17.5 Å². The first-order valence-corrected chi connectivity index (χ1v) is 6.58. The van der Waals surface area contributed by atoms with Crippen LogP contribution in [0, 0.1) is 11.6 Å². The van der Waals surface area contributed by atoms with E-state index in [1.165, 1.54) is 30.3 Å². The van der Waals surface area contributed by atoms with Crippen LogP contribution in [0.3, 0.4) is 0 Å². The Balaban J connectivity index is 1.92. The van der Waals surface area contributed by atoms with Crippen molar-refractivity contribution >= 4 is 33.2 Å². The third-order valence-electron chi connectivity index (χ3n) is 2.48. The highest BCUT2D eigenvalue weighted by molar-refractivity contribution is 9.10. The van der Waals surface area contributed by atoms with E-state index in [1.807, 2.05) is 0 Å². The molecule has 2 aromatic rings. The van der Waals surface area contributed by atoms with E-state index in [4.69, 9.17) is 0 Å². The molecule has 1 amide bonds. The molecule has 0 aromatic heterocycles. The predicted octanol–water partition coefficient (Wildman–Crippen LogP) is 3.78. The number of amides is 1. The molecular weight excluding hydrogens is 330 g/mol. The summed E-state index contributed by atoms with van der Waals surface area (Å²) in [6.45, 7) is -0.0844. The van der Waals surface area contributed by atoms with E-state index in [-0.39, 0.29) is 12.2 Å². The van der Waals surface area contributed by atoms with Crippen molar-refractivity contribution in [3.05, 3.63) is 58.6 Å².